The molecular formula is C13H13ClN2O3. The standard InChI is InChI=1S/C13H13ClN2O3/c1-15(2)13(19)10-4-3-8(14)5-11(10)16-7-9(17)6-12(16)18/h3-5H,6-7H2,1-2H3. The van der Waals surface area contributed by atoms with Crippen LogP contribution < -0.4 is 4.90 Å². The predicted molar refractivity (Wildman–Crippen MR) is 71.4 cm³/mol. The van der Waals surface area contributed by atoms with Crippen LogP contribution >= 0.6 is 11.6 Å². The molecule has 1 saturated heterocycles. The van der Waals surface area contributed by atoms with E-state index in [0.29, 0.717) is 16.3 Å². The van der Waals surface area contributed by atoms with E-state index in [4.69, 9.17) is 11.6 Å². The summed E-state index contributed by atoms with van der Waals surface area (Å²) < 4.78 is 0. The third-order valence-electron chi connectivity index (χ3n) is 2.87. The topological polar surface area (TPSA) is 57.7 Å². The number of anilines is 1. The zero-order chi connectivity index (χ0) is 14.2. The van der Waals surface area contributed by atoms with E-state index in [9.17, 15) is 14.4 Å². The first-order chi connectivity index (χ1) is 8.90. The molecule has 0 N–H and O–H groups in total. The van der Waals surface area contributed by atoms with Crippen LogP contribution in [0, 0.1) is 0 Å². The van der Waals surface area contributed by atoms with Crippen LogP contribution in [0.5, 0.6) is 0 Å². The molecule has 2 rings (SSSR count). The highest BCUT2D eigenvalue weighted by atomic mass is 35.5. The summed E-state index contributed by atoms with van der Waals surface area (Å²) >= 11 is 5.92. The summed E-state index contributed by atoms with van der Waals surface area (Å²) in [6.45, 7) is -0.00706. The number of hydrogen-bond donors (Lipinski definition) is 0. The third kappa shape index (κ3) is 2.61. The van der Waals surface area contributed by atoms with Gasteiger partial charge in [0.05, 0.1) is 24.2 Å². The van der Waals surface area contributed by atoms with E-state index < -0.39 is 0 Å². The molecule has 1 heterocycles. The molecule has 0 bridgehead atoms. The number of carbonyl (C=O) groups is 3. The largest absolute Gasteiger partial charge is 0.345 e. The highest BCUT2D eigenvalue weighted by Gasteiger charge is 2.31. The van der Waals surface area contributed by atoms with Crippen LogP contribution in [0.15, 0.2) is 18.2 Å². The van der Waals surface area contributed by atoms with Crippen LogP contribution in [0.2, 0.25) is 5.02 Å². The average molecular weight is 281 g/mol. The molecule has 0 aromatic heterocycles. The number of rotatable bonds is 2. The molecule has 0 spiro atoms. The number of ketones is 1. The van der Waals surface area contributed by atoms with E-state index in [1.807, 2.05) is 0 Å². The monoisotopic (exact) mass is 280 g/mol. The van der Waals surface area contributed by atoms with E-state index in [1.54, 1.807) is 26.2 Å². The summed E-state index contributed by atoms with van der Waals surface area (Å²) in [4.78, 5) is 37.9. The van der Waals surface area contributed by atoms with Gasteiger partial charge >= 0.3 is 0 Å². The molecule has 1 aliphatic heterocycles. The van der Waals surface area contributed by atoms with Crippen molar-refractivity contribution < 1.29 is 14.4 Å². The zero-order valence-electron chi connectivity index (χ0n) is 10.6. The van der Waals surface area contributed by atoms with Crippen molar-refractivity contribution in [2.24, 2.45) is 0 Å². The van der Waals surface area contributed by atoms with Gasteiger partial charge in [-0.25, -0.2) is 0 Å². The van der Waals surface area contributed by atoms with E-state index in [-0.39, 0.29) is 30.6 Å². The van der Waals surface area contributed by atoms with Gasteiger partial charge in [0.2, 0.25) is 5.91 Å². The van der Waals surface area contributed by atoms with Gasteiger partial charge in [-0.05, 0) is 18.2 Å². The molecule has 0 radical (unpaired) electrons. The van der Waals surface area contributed by atoms with Gasteiger partial charge in [0.25, 0.3) is 5.91 Å². The summed E-state index contributed by atoms with van der Waals surface area (Å²) in [6, 6.07) is 4.69. The molecule has 0 unspecified atom stereocenters. The maximum absolute atomic E-state index is 12.1. The number of carbonyl (C=O) groups excluding carboxylic acids is 3. The van der Waals surface area contributed by atoms with Crippen LogP contribution in [0.4, 0.5) is 5.69 Å². The second-order valence-corrected chi connectivity index (χ2v) is 4.99. The van der Waals surface area contributed by atoms with Crippen molar-refractivity contribution in [2.45, 2.75) is 6.42 Å². The molecule has 5 nitrogen and oxygen atoms in total. The van der Waals surface area contributed by atoms with E-state index in [1.165, 1.54) is 15.9 Å². The normalized spacial score (nSPS) is 15.0. The summed E-state index contributed by atoms with van der Waals surface area (Å²) in [5, 5.41) is 0.414. The Labute approximate surface area is 115 Å². The Morgan fingerprint density at radius 3 is 2.53 bits per heavy atom. The first kappa shape index (κ1) is 13.5. The maximum atomic E-state index is 12.1. The van der Waals surface area contributed by atoms with Crippen molar-refractivity contribution in [2.75, 3.05) is 25.5 Å². The minimum atomic E-state index is -0.305. The Balaban J connectivity index is 2.49. The van der Waals surface area contributed by atoms with Gasteiger partial charge in [-0.3, -0.25) is 14.4 Å². The highest BCUT2D eigenvalue weighted by Crippen LogP contribution is 2.28. The van der Waals surface area contributed by atoms with Gasteiger partial charge in [0.1, 0.15) is 0 Å². The van der Waals surface area contributed by atoms with Crippen molar-refractivity contribution in [3.05, 3.63) is 28.8 Å². The number of Topliss-reactive ketones (excluding diaryl/α,β-unsaturated/α-hetero) is 1. The van der Waals surface area contributed by atoms with Crippen LogP contribution in [0.1, 0.15) is 16.8 Å². The molecule has 1 aromatic rings. The lowest BCUT2D eigenvalue weighted by Gasteiger charge is -2.20. The van der Waals surface area contributed by atoms with Crippen molar-refractivity contribution in [1.29, 1.82) is 0 Å². The lowest BCUT2D eigenvalue weighted by molar-refractivity contribution is -0.121. The molecule has 6 heteroatoms. The number of nitrogens with zero attached hydrogens (tertiary/aromatic N) is 2. The summed E-state index contributed by atoms with van der Waals surface area (Å²) in [5.41, 5.74) is 0.750. The molecule has 19 heavy (non-hydrogen) atoms. The minimum Gasteiger partial charge on any atom is -0.345 e. The van der Waals surface area contributed by atoms with Crippen LogP contribution in [0.3, 0.4) is 0 Å². The first-order valence-corrected chi connectivity index (χ1v) is 6.11. The number of amides is 2. The predicted octanol–water partition coefficient (Wildman–Crippen LogP) is 1.35. The maximum Gasteiger partial charge on any atom is 0.255 e. The second-order valence-electron chi connectivity index (χ2n) is 4.56. The molecule has 0 aliphatic carbocycles. The molecule has 1 aromatic carbocycles. The fraction of sp³-hybridized carbons (Fsp3) is 0.308. The van der Waals surface area contributed by atoms with Crippen molar-refractivity contribution in [3.63, 3.8) is 0 Å². The third-order valence-corrected chi connectivity index (χ3v) is 3.11. The van der Waals surface area contributed by atoms with Crippen LogP contribution in [-0.2, 0) is 9.59 Å². The van der Waals surface area contributed by atoms with E-state index >= 15 is 0 Å². The fourth-order valence-electron chi connectivity index (χ4n) is 1.95. The van der Waals surface area contributed by atoms with Gasteiger partial charge in [-0.1, -0.05) is 11.6 Å². The minimum absolute atomic E-state index is 0.00706. The Hall–Kier alpha value is -1.88. The molecule has 1 aliphatic rings. The number of benzene rings is 1. The zero-order valence-corrected chi connectivity index (χ0v) is 11.4. The Kier molecular flexibility index (Phi) is 3.57. The lowest BCUT2D eigenvalue weighted by Crippen LogP contribution is -2.29. The Morgan fingerprint density at radius 1 is 1.32 bits per heavy atom. The Bertz CT molecular complexity index is 569. The second kappa shape index (κ2) is 5.01. The summed E-state index contributed by atoms with van der Waals surface area (Å²) in [6.07, 6.45) is -0.123. The molecule has 1 fully saturated rings. The molecule has 2 amide bonds. The first-order valence-electron chi connectivity index (χ1n) is 5.73. The number of hydrogen-bond acceptors (Lipinski definition) is 3. The van der Waals surface area contributed by atoms with Crippen LogP contribution in [0.25, 0.3) is 0 Å². The SMILES string of the molecule is CN(C)C(=O)c1ccc(Cl)cc1N1CC(=O)CC1=O. The van der Waals surface area contributed by atoms with E-state index in [0.717, 1.165) is 0 Å². The molecule has 0 atom stereocenters. The molecule has 100 valence electrons. The molecular weight excluding hydrogens is 268 g/mol. The molecule has 0 saturated carbocycles. The lowest BCUT2D eigenvalue weighted by atomic mass is 10.1. The van der Waals surface area contributed by atoms with Gasteiger partial charge in [-0.2, -0.15) is 0 Å². The van der Waals surface area contributed by atoms with Crippen molar-refractivity contribution in [3.8, 4) is 0 Å². The van der Waals surface area contributed by atoms with Gasteiger partial charge in [-0.15, -0.1) is 0 Å². The van der Waals surface area contributed by atoms with E-state index in [2.05, 4.69) is 0 Å². The van der Waals surface area contributed by atoms with Gasteiger partial charge in [0, 0.05) is 19.1 Å². The summed E-state index contributed by atoms with van der Waals surface area (Å²) in [7, 11) is 3.25. The van der Waals surface area contributed by atoms with Gasteiger partial charge in [0.15, 0.2) is 5.78 Å². The number of halogens is 1. The van der Waals surface area contributed by atoms with Crippen molar-refractivity contribution >= 4 is 34.9 Å². The smallest absolute Gasteiger partial charge is 0.255 e. The highest BCUT2D eigenvalue weighted by molar-refractivity contribution is 6.31. The average Bonchev–Trinajstić information content (AvgIpc) is 2.67. The van der Waals surface area contributed by atoms with Gasteiger partial charge < -0.3 is 9.80 Å². The fourth-order valence-corrected chi connectivity index (χ4v) is 2.12. The quantitative estimate of drug-likeness (QED) is 0.769. The Morgan fingerprint density at radius 2 is 2.00 bits per heavy atom. The summed E-state index contributed by atoms with van der Waals surface area (Å²) in [5.74, 6) is -0.702. The van der Waals surface area contributed by atoms with Crippen LogP contribution in [-0.4, -0.2) is 43.1 Å². The van der Waals surface area contributed by atoms with Crippen molar-refractivity contribution in [1.82, 2.24) is 4.90 Å².